The monoisotopic (exact) mass is 196 g/mol. The molecule has 78 valence electrons. The first-order chi connectivity index (χ1) is 6.73. The molecule has 1 saturated heterocycles. The lowest BCUT2D eigenvalue weighted by molar-refractivity contribution is 0.177. The van der Waals surface area contributed by atoms with Crippen LogP contribution >= 0.6 is 0 Å². The summed E-state index contributed by atoms with van der Waals surface area (Å²) in [4.78, 5) is 4.21. The van der Waals surface area contributed by atoms with Crippen molar-refractivity contribution >= 4 is 0 Å². The van der Waals surface area contributed by atoms with E-state index in [9.17, 15) is 0 Å². The van der Waals surface area contributed by atoms with Crippen LogP contribution in [0.1, 0.15) is 19.2 Å². The maximum absolute atomic E-state index is 6.17. The molecule has 0 spiro atoms. The molecule has 2 N–H and O–H groups in total. The predicted molar refractivity (Wildman–Crippen MR) is 51.8 cm³/mol. The number of hydrogen-bond donors (Lipinski definition) is 1. The van der Waals surface area contributed by atoms with Gasteiger partial charge in [-0.15, -0.1) is 0 Å². The number of rotatable bonds is 3. The second kappa shape index (κ2) is 3.67. The molecular formula is C9H16N4O. The van der Waals surface area contributed by atoms with Crippen LogP contribution in [0, 0.1) is 0 Å². The van der Waals surface area contributed by atoms with Gasteiger partial charge in [-0.2, -0.15) is 5.10 Å². The van der Waals surface area contributed by atoms with Crippen molar-refractivity contribution in [2.75, 3.05) is 13.2 Å². The molecule has 0 bridgehead atoms. The minimum Gasteiger partial charge on any atom is -0.379 e. The van der Waals surface area contributed by atoms with Crippen molar-refractivity contribution < 1.29 is 4.74 Å². The molecule has 0 radical (unpaired) electrons. The molecule has 1 aromatic rings. The Bertz CT molecular complexity index is 304. The Kier molecular flexibility index (Phi) is 2.52. The van der Waals surface area contributed by atoms with Crippen LogP contribution in [0.5, 0.6) is 0 Å². The molecule has 2 heterocycles. The molecule has 14 heavy (non-hydrogen) atoms. The molecule has 1 fully saturated rings. The van der Waals surface area contributed by atoms with E-state index in [4.69, 9.17) is 10.5 Å². The van der Waals surface area contributed by atoms with Gasteiger partial charge in [-0.3, -0.25) is 4.68 Å². The highest BCUT2D eigenvalue weighted by atomic mass is 16.5. The van der Waals surface area contributed by atoms with E-state index in [0.717, 1.165) is 31.8 Å². The minimum atomic E-state index is -0.236. The summed E-state index contributed by atoms with van der Waals surface area (Å²) in [6.07, 6.45) is 3.24. The maximum atomic E-state index is 6.17. The Morgan fingerprint density at radius 2 is 2.57 bits per heavy atom. The van der Waals surface area contributed by atoms with Gasteiger partial charge in [-0.05, 0) is 13.3 Å². The van der Waals surface area contributed by atoms with Crippen LogP contribution in [-0.4, -0.2) is 33.5 Å². The predicted octanol–water partition coefficient (Wildman–Crippen LogP) is -0.0417. The SMILES string of the molecule is CCn1ncnc1CC1(N)CCOC1. The van der Waals surface area contributed by atoms with E-state index >= 15 is 0 Å². The summed E-state index contributed by atoms with van der Waals surface area (Å²) >= 11 is 0. The van der Waals surface area contributed by atoms with Crippen molar-refractivity contribution in [3.63, 3.8) is 0 Å². The van der Waals surface area contributed by atoms with E-state index in [1.54, 1.807) is 6.33 Å². The number of ether oxygens (including phenoxy) is 1. The summed E-state index contributed by atoms with van der Waals surface area (Å²) in [6, 6.07) is 0. The highest BCUT2D eigenvalue weighted by molar-refractivity contribution is 4.99. The van der Waals surface area contributed by atoms with Crippen LogP contribution in [0.15, 0.2) is 6.33 Å². The van der Waals surface area contributed by atoms with E-state index in [-0.39, 0.29) is 5.54 Å². The lowest BCUT2D eigenvalue weighted by atomic mass is 9.95. The Balaban J connectivity index is 2.09. The third kappa shape index (κ3) is 1.78. The second-order valence-electron chi connectivity index (χ2n) is 3.83. The second-order valence-corrected chi connectivity index (χ2v) is 3.83. The van der Waals surface area contributed by atoms with Gasteiger partial charge in [0.05, 0.1) is 6.61 Å². The number of nitrogens with two attached hydrogens (primary N) is 1. The molecule has 0 aliphatic carbocycles. The van der Waals surface area contributed by atoms with Gasteiger partial charge < -0.3 is 10.5 Å². The standard InChI is InChI=1S/C9H16N4O/c1-2-13-8(11-7-12-13)5-9(10)3-4-14-6-9/h7H,2-6,10H2,1H3. The zero-order chi connectivity index (χ0) is 10.0. The zero-order valence-corrected chi connectivity index (χ0v) is 8.44. The molecule has 0 amide bonds. The van der Waals surface area contributed by atoms with Crippen LogP contribution in [0.3, 0.4) is 0 Å². The summed E-state index contributed by atoms with van der Waals surface area (Å²) in [6.45, 7) is 4.28. The van der Waals surface area contributed by atoms with E-state index < -0.39 is 0 Å². The molecule has 1 aliphatic heterocycles. The first kappa shape index (κ1) is 9.61. The Morgan fingerprint density at radius 1 is 1.71 bits per heavy atom. The van der Waals surface area contributed by atoms with E-state index in [1.165, 1.54) is 0 Å². The highest BCUT2D eigenvalue weighted by Gasteiger charge is 2.32. The molecule has 5 nitrogen and oxygen atoms in total. The maximum Gasteiger partial charge on any atom is 0.138 e. The van der Waals surface area contributed by atoms with Gasteiger partial charge in [0.25, 0.3) is 0 Å². The van der Waals surface area contributed by atoms with Crippen molar-refractivity contribution in [3.8, 4) is 0 Å². The summed E-state index contributed by atoms with van der Waals surface area (Å²) < 4.78 is 7.18. The number of aromatic nitrogens is 3. The molecular weight excluding hydrogens is 180 g/mol. The topological polar surface area (TPSA) is 66.0 Å². The Morgan fingerprint density at radius 3 is 3.21 bits per heavy atom. The van der Waals surface area contributed by atoms with Crippen molar-refractivity contribution in [2.24, 2.45) is 5.73 Å². The fraction of sp³-hybridized carbons (Fsp3) is 0.778. The molecule has 1 atom stereocenters. The molecule has 0 saturated carbocycles. The molecule has 1 aliphatic rings. The van der Waals surface area contributed by atoms with Crippen LogP contribution in [0.4, 0.5) is 0 Å². The van der Waals surface area contributed by atoms with Crippen LogP contribution in [0.2, 0.25) is 0 Å². The van der Waals surface area contributed by atoms with Crippen molar-refractivity contribution in [3.05, 3.63) is 12.2 Å². The summed E-state index contributed by atoms with van der Waals surface area (Å²) in [5.41, 5.74) is 5.93. The van der Waals surface area contributed by atoms with Gasteiger partial charge in [0, 0.05) is 25.1 Å². The fourth-order valence-electron chi connectivity index (χ4n) is 1.77. The van der Waals surface area contributed by atoms with Gasteiger partial charge >= 0.3 is 0 Å². The number of hydrogen-bond acceptors (Lipinski definition) is 4. The summed E-state index contributed by atoms with van der Waals surface area (Å²) in [5.74, 6) is 0.959. The zero-order valence-electron chi connectivity index (χ0n) is 8.44. The average Bonchev–Trinajstić information content (AvgIpc) is 2.75. The van der Waals surface area contributed by atoms with Gasteiger partial charge in [0.15, 0.2) is 0 Å². The van der Waals surface area contributed by atoms with Crippen molar-refractivity contribution in [1.29, 1.82) is 0 Å². The lowest BCUT2D eigenvalue weighted by Crippen LogP contribution is -2.43. The molecule has 0 aromatic carbocycles. The smallest absolute Gasteiger partial charge is 0.138 e. The molecule has 1 unspecified atom stereocenters. The number of aryl methyl sites for hydroxylation is 1. The quantitative estimate of drug-likeness (QED) is 0.736. The Hall–Kier alpha value is -0.940. The largest absolute Gasteiger partial charge is 0.379 e. The van der Waals surface area contributed by atoms with Crippen molar-refractivity contribution in [1.82, 2.24) is 14.8 Å². The minimum absolute atomic E-state index is 0.236. The Labute approximate surface area is 83.3 Å². The van der Waals surface area contributed by atoms with E-state index in [0.29, 0.717) is 6.61 Å². The van der Waals surface area contributed by atoms with Crippen molar-refractivity contribution in [2.45, 2.75) is 31.8 Å². The normalized spacial score (nSPS) is 27.0. The third-order valence-electron chi connectivity index (χ3n) is 2.64. The van der Waals surface area contributed by atoms with Gasteiger partial charge in [-0.25, -0.2) is 4.98 Å². The molecule has 5 heteroatoms. The number of nitrogens with zero attached hydrogens (tertiary/aromatic N) is 3. The third-order valence-corrected chi connectivity index (χ3v) is 2.64. The molecule has 1 aromatic heterocycles. The first-order valence-electron chi connectivity index (χ1n) is 4.97. The summed E-state index contributed by atoms with van der Waals surface area (Å²) in [5, 5.41) is 4.12. The fourth-order valence-corrected chi connectivity index (χ4v) is 1.77. The lowest BCUT2D eigenvalue weighted by Gasteiger charge is -2.20. The summed E-state index contributed by atoms with van der Waals surface area (Å²) in [7, 11) is 0. The van der Waals surface area contributed by atoms with Crippen LogP contribution in [0.25, 0.3) is 0 Å². The molecule has 2 rings (SSSR count). The highest BCUT2D eigenvalue weighted by Crippen LogP contribution is 2.19. The van der Waals surface area contributed by atoms with Crippen LogP contribution < -0.4 is 5.73 Å². The van der Waals surface area contributed by atoms with Gasteiger partial charge in [0.1, 0.15) is 12.2 Å². The average molecular weight is 196 g/mol. The van der Waals surface area contributed by atoms with E-state index in [2.05, 4.69) is 10.1 Å². The van der Waals surface area contributed by atoms with Gasteiger partial charge in [-0.1, -0.05) is 0 Å². The van der Waals surface area contributed by atoms with Crippen LogP contribution in [-0.2, 0) is 17.7 Å². The van der Waals surface area contributed by atoms with E-state index in [1.807, 2.05) is 11.6 Å². The first-order valence-corrected chi connectivity index (χ1v) is 4.97. The van der Waals surface area contributed by atoms with Gasteiger partial charge in [0.2, 0.25) is 0 Å².